The van der Waals surface area contributed by atoms with Crippen molar-refractivity contribution in [2.75, 3.05) is 19.9 Å². The molecular weight excluding hydrogens is 390 g/mol. The van der Waals surface area contributed by atoms with Crippen molar-refractivity contribution < 1.29 is 14.3 Å². The number of rotatable bonds is 3. The van der Waals surface area contributed by atoms with Gasteiger partial charge in [-0.1, -0.05) is 6.07 Å². The van der Waals surface area contributed by atoms with E-state index in [9.17, 15) is 9.59 Å². The van der Waals surface area contributed by atoms with Crippen molar-refractivity contribution in [2.45, 2.75) is 19.4 Å². The lowest BCUT2D eigenvalue weighted by molar-refractivity contribution is 0.0793. The molecule has 0 radical (unpaired) electrons. The number of hydrogen-bond donors (Lipinski definition) is 1. The fourth-order valence-electron chi connectivity index (χ4n) is 3.86. The molecule has 1 fully saturated rings. The summed E-state index contributed by atoms with van der Waals surface area (Å²) in [4.78, 5) is 30.6. The van der Waals surface area contributed by atoms with E-state index in [1.165, 1.54) is 4.57 Å². The topological polar surface area (TPSA) is 76.6 Å². The Hall–Kier alpha value is -3.13. The summed E-state index contributed by atoms with van der Waals surface area (Å²) >= 11 is 5.44. The Balaban J connectivity index is 1.51. The van der Waals surface area contributed by atoms with E-state index in [2.05, 4.69) is 4.98 Å². The summed E-state index contributed by atoms with van der Waals surface area (Å²) in [5, 5.41) is 0.498. The van der Waals surface area contributed by atoms with Crippen LogP contribution in [-0.4, -0.2) is 40.2 Å². The number of carbonyl (C=O) groups is 1. The van der Waals surface area contributed by atoms with Crippen molar-refractivity contribution in [3.8, 4) is 11.5 Å². The van der Waals surface area contributed by atoms with Gasteiger partial charge < -0.3 is 19.4 Å². The van der Waals surface area contributed by atoms with Crippen molar-refractivity contribution >= 4 is 29.0 Å². The average Bonchev–Trinajstić information content (AvgIpc) is 3.41. The first-order chi connectivity index (χ1) is 14.1. The van der Waals surface area contributed by atoms with Gasteiger partial charge in [0.1, 0.15) is 0 Å². The quantitative estimate of drug-likeness (QED) is 0.673. The van der Waals surface area contributed by atoms with Crippen molar-refractivity contribution in [3.63, 3.8) is 0 Å². The number of nitrogens with one attached hydrogen (secondary N) is 1. The minimum atomic E-state index is -0.193. The molecule has 1 aromatic heterocycles. The van der Waals surface area contributed by atoms with Gasteiger partial charge in [-0.3, -0.25) is 14.2 Å². The first kappa shape index (κ1) is 17.9. The third kappa shape index (κ3) is 3.19. The smallest absolute Gasteiger partial charge is 0.262 e. The molecule has 3 heterocycles. The number of H-pyrrole nitrogens is 1. The molecule has 0 spiro atoms. The standard InChI is InChI=1S/C21H19N3O4S/c25-19(23-7-1-2-8-23)14-4-5-15-16(10-14)22-21(29)24(20(15)26)11-13-3-6-17-18(9-13)28-12-27-17/h3-6,9-10H,1-2,7-8,11-12H2,(H,22,29). The summed E-state index contributed by atoms with van der Waals surface area (Å²) in [6, 6.07) is 10.7. The van der Waals surface area contributed by atoms with E-state index >= 15 is 0 Å². The van der Waals surface area contributed by atoms with Gasteiger partial charge in [0.15, 0.2) is 16.3 Å². The zero-order valence-corrected chi connectivity index (χ0v) is 16.5. The molecule has 7 nitrogen and oxygen atoms in total. The van der Waals surface area contributed by atoms with Crippen LogP contribution in [0, 0.1) is 4.77 Å². The minimum absolute atomic E-state index is 0.00624. The highest BCUT2D eigenvalue weighted by Crippen LogP contribution is 2.32. The second-order valence-electron chi connectivity index (χ2n) is 7.27. The molecule has 1 amide bonds. The van der Waals surface area contributed by atoms with Crippen molar-refractivity contribution in [2.24, 2.45) is 0 Å². The predicted molar refractivity (Wildman–Crippen MR) is 110 cm³/mol. The van der Waals surface area contributed by atoms with Crippen molar-refractivity contribution in [1.82, 2.24) is 14.5 Å². The van der Waals surface area contributed by atoms with Crippen molar-refractivity contribution in [1.29, 1.82) is 0 Å². The van der Waals surface area contributed by atoms with Crippen LogP contribution in [0.3, 0.4) is 0 Å². The molecule has 0 atom stereocenters. The lowest BCUT2D eigenvalue weighted by Crippen LogP contribution is -2.28. The Morgan fingerprint density at radius 3 is 2.69 bits per heavy atom. The van der Waals surface area contributed by atoms with E-state index in [0.717, 1.165) is 31.5 Å². The molecule has 3 aromatic rings. The molecule has 1 N–H and O–H groups in total. The van der Waals surface area contributed by atoms with Crippen molar-refractivity contribution in [3.05, 3.63) is 62.6 Å². The van der Waals surface area contributed by atoms with Crippen LogP contribution in [0.4, 0.5) is 0 Å². The maximum atomic E-state index is 13.0. The van der Waals surface area contributed by atoms with Gasteiger partial charge in [0.2, 0.25) is 6.79 Å². The summed E-state index contributed by atoms with van der Waals surface area (Å²) in [5.74, 6) is 1.35. The molecule has 2 aliphatic heterocycles. The number of aromatic nitrogens is 2. The van der Waals surface area contributed by atoms with Gasteiger partial charge in [-0.25, -0.2) is 0 Å². The van der Waals surface area contributed by atoms with Crippen LogP contribution >= 0.6 is 12.2 Å². The largest absolute Gasteiger partial charge is 0.454 e. The van der Waals surface area contributed by atoms with Crippen LogP contribution < -0.4 is 15.0 Å². The summed E-state index contributed by atoms with van der Waals surface area (Å²) in [7, 11) is 0. The SMILES string of the molecule is O=C(c1ccc2c(=O)n(Cc3ccc4c(c3)OCO4)c(=S)[nH]c2c1)N1CCCC1. The third-order valence-corrected chi connectivity index (χ3v) is 5.72. The Bertz CT molecular complexity index is 1240. The highest BCUT2D eigenvalue weighted by molar-refractivity contribution is 7.71. The molecular formula is C21H19N3O4S. The summed E-state index contributed by atoms with van der Waals surface area (Å²) in [5.41, 5.74) is 1.84. The predicted octanol–water partition coefficient (Wildman–Crippen LogP) is 3.07. The molecule has 0 unspecified atom stereocenters. The Labute approximate surface area is 171 Å². The molecule has 8 heteroatoms. The van der Waals surface area contributed by atoms with Gasteiger partial charge in [0.25, 0.3) is 11.5 Å². The molecule has 29 heavy (non-hydrogen) atoms. The summed E-state index contributed by atoms with van der Waals surface area (Å²) in [6.07, 6.45) is 2.07. The Kier molecular flexibility index (Phi) is 4.35. The Morgan fingerprint density at radius 2 is 1.86 bits per heavy atom. The van der Waals surface area contributed by atoms with Gasteiger partial charge in [-0.05, 0) is 61.0 Å². The first-order valence-electron chi connectivity index (χ1n) is 9.55. The normalized spacial score (nSPS) is 15.2. The number of likely N-dealkylation sites (tertiary alicyclic amines) is 1. The van der Waals surface area contributed by atoms with Gasteiger partial charge in [-0.2, -0.15) is 0 Å². The Morgan fingerprint density at radius 1 is 1.07 bits per heavy atom. The van der Waals surface area contributed by atoms with Crippen LogP contribution in [0.2, 0.25) is 0 Å². The molecule has 2 aromatic carbocycles. The number of aromatic amines is 1. The van der Waals surface area contributed by atoms with Gasteiger partial charge in [0, 0.05) is 18.7 Å². The highest BCUT2D eigenvalue weighted by atomic mass is 32.1. The number of fused-ring (bicyclic) bond motifs is 2. The van der Waals surface area contributed by atoms with Gasteiger partial charge >= 0.3 is 0 Å². The van der Waals surface area contributed by atoms with Crippen LogP contribution in [0.5, 0.6) is 11.5 Å². The van der Waals surface area contributed by atoms with Gasteiger partial charge in [0.05, 0.1) is 17.4 Å². The van der Waals surface area contributed by atoms with E-state index in [-0.39, 0.29) is 18.3 Å². The second-order valence-corrected chi connectivity index (χ2v) is 7.66. The van der Waals surface area contributed by atoms with Crippen LogP contribution in [-0.2, 0) is 6.54 Å². The number of hydrogen-bond acceptors (Lipinski definition) is 5. The fourth-order valence-corrected chi connectivity index (χ4v) is 4.11. The molecule has 2 aliphatic rings. The number of benzene rings is 2. The minimum Gasteiger partial charge on any atom is -0.454 e. The summed E-state index contributed by atoms with van der Waals surface area (Å²) in [6.45, 7) is 2.08. The molecule has 148 valence electrons. The maximum absolute atomic E-state index is 13.0. The zero-order valence-electron chi connectivity index (χ0n) is 15.6. The monoisotopic (exact) mass is 409 g/mol. The molecule has 0 saturated carbocycles. The van der Waals surface area contributed by atoms with Crippen LogP contribution in [0.25, 0.3) is 10.9 Å². The first-order valence-corrected chi connectivity index (χ1v) is 9.96. The lowest BCUT2D eigenvalue weighted by Gasteiger charge is -2.15. The van der Waals surface area contributed by atoms with E-state index in [0.29, 0.717) is 39.3 Å². The second kappa shape index (κ2) is 7.04. The van der Waals surface area contributed by atoms with Crippen LogP contribution in [0.1, 0.15) is 28.8 Å². The summed E-state index contributed by atoms with van der Waals surface area (Å²) < 4.78 is 12.6. The number of amides is 1. The highest BCUT2D eigenvalue weighted by Gasteiger charge is 2.20. The number of ether oxygens (including phenoxy) is 2. The molecule has 0 aliphatic carbocycles. The van der Waals surface area contributed by atoms with Crippen LogP contribution in [0.15, 0.2) is 41.2 Å². The van der Waals surface area contributed by atoms with E-state index < -0.39 is 0 Å². The molecule has 0 bridgehead atoms. The van der Waals surface area contributed by atoms with E-state index in [4.69, 9.17) is 21.7 Å². The fraction of sp³-hybridized carbons (Fsp3) is 0.286. The number of nitrogens with zero attached hydrogens (tertiary/aromatic N) is 2. The van der Waals surface area contributed by atoms with E-state index in [1.807, 2.05) is 23.1 Å². The van der Waals surface area contributed by atoms with Gasteiger partial charge in [-0.15, -0.1) is 0 Å². The third-order valence-electron chi connectivity index (χ3n) is 5.40. The molecule has 5 rings (SSSR count). The average molecular weight is 409 g/mol. The van der Waals surface area contributed by atoms with E-state index in [1.54, 1.807) is 18.2 Å². The molecule has 1 saturated heterocycles. The number of carbonyl (C=O) groups excluding carboxylic acids is 1. The maximum Gasteiger partial charge on any atom is 0.262 e. The lowest BCUT2D eigenvalue weighted by atomic mass is 10.1. The zero-order chi connectivity index (χ0) is 20.0.